The van der Waals surface area contributed by atoms with E-state index in [4.69, 9.17) is 4.74 Å². The zero-order valence-corrected chi connectivity index (χ0v) is 15.3. The van der Waals surface area contributed by atoms with Gasteiger partial charge in [-0.25, -0.2) is 0 Å². The molecule has 4 rings (SSSR count). The van der Waals surface area contributed by atoms with E-state index in [-0.39, 0.29) is 23.4 Å². The highest BCUT2D eigenvalue weighted by atomic mass is 16.6. The van der Waals surface area contributed by atoms with Crippen LogP contribution in [0.3, 0.4) is 0 Å². The van der Waals surface area contributed by atoms with E-state index in [0.717, 1.165) is 11.1 Å². The van der Waals surface area contributed by atoms with Gasteiger partial charge in [-0.15, -0.1) is 0 Å². The summed E-state index contributed by atoms with van der Waals surface area (Å²) in [6, 6.07) is 21.5. The smallest absolute Gasteiger partial charge is 0.269 e. The lowest BCUT2D eigenvalue weighted by molar-refractivity contribution is -0.384. The number of amides is 1. The third-order valence-electron chi connectivity index (χ3n) is 4.89. The van der Waals surface area contributed by atoms with Crippen molar-refractivity contribution in [1.29, 1.82) is 0 Å². The first-order valence-electron chi connectivity index (χ1n) is 9.07. The molecule has 3 aromatic carbocycles. The molecule has 1 aliphatic rings. The van der Waals surface area contributed by atoms with Gasteiger partial charge < -0.3 is 14.7 Å². The normalized spacial score (nSPS) is 18.2. The number of carbonyl (C=O) groups excluding carboxylic acids is 1. The SMILES string of the molecule is O=C1[C@@H](Oc2ccc(O)cc2)[C@@H](c2ccc([N+](=O)[O-])cc2)N1Cc1ccccc1. The van der Waals surface area contributed by atoms with E-state index < -0.39 is 11.0 Å². The fraction of sp³-hybridized carbons (Fsp3) is 0.136. The molecule has 0 saturated carbocycles. The molecule has 7 heteroatoms. The van der Waals surface area contributed by atoms with Gasteiger partial charge in [-0.05, 0) is 47.5 Å². The van der Waals surface area contributed by atoms with E-state index >= 15 is 0 Å². The Hall–Kier alpha value is -3.87. The van der Waals surface area contributed by atoms with Crippen LogP contribution in [0.2, 0.25) is 0 Å². The Morgan fingerprint density at radius 2 is 1.62 bits per heavy atom. The van der Waals surface area contributed by atoms with Crippen molar-refractivity contribution in [3.8, 4) is 11.5 Å². The summed E-state index contributed by atoms with van der Waals surface area (Å²) in [5, 5.41) is 20.4. The maximum Gasteiger partial charge on any atom is 0.269 e. The molecular weight excluding hydrogens is 372 g/mol. The molecule has 7 nitrogen and oxygen atoms in total. The van der Waals surface area contributed by atoms with Gasteiger partial charge in [0.25, 0.3) is 11.6 Å². The van der Waals surface area contributed by atoms with E-state index in [0.29, 0.717) is 12.3 Å². The molecule has 0 bridgehead atoms. The maximum absolute atomic E-state index is 12.8. The molecule has 1 amide bonds. The highest BCUT2D eigenvalue weighted by Crippen LogP contribution is 2.39. The van der Waals surface area contributed by atoms with E-state index in [1.54, 1.807) is 29.2 Å². The van der Waals surface area contributed by atoms with Crippen LogP contribution in [0.4, 0.5) is 5.69 Å². The van der Waals surface area contributed by atoms with Crippen LogP contribution in [-0.2, 0) is 11.3 Å². The first-order chi connectivity index (χ1) is 14.0. The Balaban J connectivity index is 1.61. The van der Waals surface area contributed by atoms with Crippen molar-refractivity contribution >= 4 is 11.6 Å². The maximum atomic E-state index is 12.8. The van der Waals surface area contributed by atoms with Crippen LogP contribution in [0.25, 0.3) is 0 Å². The lowest BCUT2D eigenvalue weighted by Gasteiger charge is -2.46. The summed E-state index contributed by atoms with van der Waals surface area (Å²) in [6.07, 6.45) is -0.746. The number of carbonyl (C=O) groups is 1. The first kappa shape index (κ1) is 18.5. The quantitative estimate of drug-likeness (QED) is 0.392. The van der Waals surface area contributed by atoms with Crippen LogP contribution in [0.15, 0.2) is 78.9 Å². The number of rotatable bonds is 6. The minimum atomic E-state index is -0.746. The number of aromatic hydroxyl groups is 1. The second-order valence-electron chi connectivity index (χ2n) is 6.78. The molecule has 0 unspecified atom stereocenters. The highest BCUT2D eigenvalue weighted by molar-refractivity contribution is 5.89. The summed E-state index contributed by atoms with van der Waals surface area (Å²) in [6.45, 7) is 0.413. The number of non-ortho nitro benzene ring substituents is 1. The summed E-state index contributed by atoms with van der Waals surface area (Å²) in [5.41, 5.74) is 1.73. The minimum Gasteiger partial charge on any atom is -0.508 e. The Bertz CT molecular complexity index is 1020. The molecule has 0 aromatic heterocycles. The molecular formula is C22H18N2O5. The number of hydrogen-bond donors (Lipinski definition) is 1. The van der Waals surface area contributed by atoms with Crippen molar-refractivity contribution in [2.45, 2.75) is 18.7 Å². The van der Waals surface area contributed by atoms with Crippen LogP contribution < -0.4 is 4.74 Å². The number of phenolic OH excluding ortho intramolecular Hbond substituents is 1. The Labute approximate surface area is 166 Å². The highest BCUT2D eigenvalue weighted by Gasteiger charge is 2.50. The van der Waals surface area contributed by atoms with Crippen LogP contribution >= 0.6 is 0 Å². The summed E-state index contributed by atoms with van der Waals surface area (Å²) >= 11 is 0. The molecule has 2 atom stereocenters. The number of likely N-dealkylation sites (tertiary alicyclic amines) is 1. The lowest BCUT2D eigenvalue weighted by atomic mass is 9.89. The number of β-lactam (4-membered cyclic amide) rings is 1. The number of phenols is 1. The van der Waals surface area contributed by atoms with Crippen molar-refractivity contribution in [2.24, 2.45) is 0 Å². The second kappa shape index (κ2) is 7.63. The van der Waals surface area contributed by atoms with Gasteiger partial charge in [0.2, 0.25) is 6.10 Å². The van der Waals surface area contributed by atoms with E-state index in [9.17, 15) is 20.0 Å². The average molecular weight is 390 g/mol. The Morgan fingerprint density at radius 3 is 2.24 bits per heavy atom. The molecule has 1 aliphatic heterocycles. The van der Waals surface area contributed by atoms with Gasteiger partial charge in [-0.1, -0.05) is 30.3 Å². The number of nitro groups is 1. The largest absolute Gasteiger partial charge is 0.508 e. The standard InChI is InChI=1S/C22H18N2O5/c25-18-10-12-19(13-11-18)29-21-20(16-6-8-17(9-7-16)24(27)28)23(22(21)26)14-15-4-2-1-3-5-15/h1-13,20-21,25H,14H2/t20-,21+/m1/s1. The molecule has 29 heavy (non-hydrogen) atoms. The summed E-state index contributed by atoms with van der Waals surface area (Å²) in [4.78, 5) is 25.0. The van der Waals surface area contributed by atoms with Crippen LogP contribution in [0.5, 0.6) is 11.5 Å². The topological polar surface area (TPSA) is 92.9 Å². The van der Waals surface area contributed by atoms with Gasteiger partial charge in [0.1, 0.15) is 17.5 Å². The fourth-order valence-corrected chi connectivity index (χ4v) is 3.41. The molecule has 0 radical (unpaired) electrons. The minimum absolute atomic E-state index is 0.00925. The lowest BCUT2D eigenvalue weighted by Crippen LogP contribution is -2.60. The first-order valence-corrected chi connectivity index (χ1v) is 9.07. The van der Waals surface area contributed by atoms with E-state index in [2.05, 4.69) is 0 Å². The van der Waals surface area contributed by atoms with E-state index in [1.165, 1.54) is 24.3 Å². The number of ether oxygens (including phenoxy) is 1. The van der Waals surface area contributed by atoms with Crippen molar-refractivity contribution in [1.82, 2.24) is 4.90 Å². The molecule has 146 valence electrons. The van der Waals surface area contributed by atoms with Crippen molar-refractivity contribution in [3.63, 3.8) is 0 Å². The number of nitro benzene ring substituents is 1. The van der Waals surface area contributed by atoms with Gasteiger partial charge >= 0.3 is 0 Å². The third kappa shape index (κ3) is 3.75. The fourth-order valence-electron chi connectivity index (χ4n) is 3.41. The van der Waals surface area contributed by atoms with Gasteiger partial charge in [-0.3, -0.25) is 14.9 Å². The monoisotopic (exact) mass is 390 g/mol. The zero-order valence-electron chi connectivity index (χ0n) is 15.3. The number of hydrogen-bond acceptors (Lipinski definition) is 5. The average Bonchev–Trinajstić information content (AvgIpc) is 2.74. The number of nitrogens with zero attached hydrogens (tertiary/aromatic N) is 2. The predicted molar refractivity (Wildman–Crippen MR) is 105 cm³/mol. The van der Waals surface area contributed by atoms with Crippen molar-refractivity contribution in [3.05, 3.63) is 100 Å². The van der Waals surface area contributed by atoms with Gasteiger partial charge in [0, 0.05) is 18.7 Å². The van der Waals surface area contributed by atoms with E-state index in [1.807, 2.05) is 30.3 Å². The molecule has 1 saturated heterocycles. The van der Waals surface area contributed by atoms with Crippen molar-refractivity contribution in [2.75, 3.05) is 0 Å². The molecule has 1 heterocycles. The molecule has 0 aliphatic carbocycles. The van der Waals surface area contributed by atoms with Crippen molar-refractivity contribution < 1.29 is 19.6 Å². The summed E-state index contributed by atoms with van der Waals surface area (Å²) in [7, 11) is 0. The van der Waals surface area contributed by atoms with Gasteiger partial charge in [0.05, 0.1) is 4.92 Å². The number of benzene rings is 3. The summed E-state index contributed by atoms with van der Waals surface area (Å²) < 4.78 is 5.89. The predicted octanol–water partition coefficient (Wildman–Crippen LogP) is 3.83. The van der Waals surface area contributed by atoms with Gasteiger partial charge in [0.15, 0.2) is 0 Å². The Morgan fingerprint density at radius 1 is 0.966 bits per heavy atom. The molecule has 3 aromatic rings. The van der Waals surface area contributed by atoms with Crippen LogP contribution in [0, 0.1) is 10.1 Å². The zero-order chi connectivity index (χ0) is 20.4. The molecule has 0 spiro atoms. The second-order valence-corrected chi connectivity index (χ2v) is 6.78. The third-order valence-corrected chi connectivity index (χ3v) is 4.89. The van der Waals surface area contributed by atoms with Gasteiger partial charge in [-0.2, -0.15) is 0 Å². The Kier molecular flexibility index (Phi) is 4.87. The molecule has 1 fully saturated rings. The van der Waals surface area contributed by atoms with Crippen LogP contribution in [-0.4, -0.2) is 26.9 Å². The van der Waals surface area contributed by atoms with Crippen LogP contribution in [0.1, 0.15) is 17.2 Å². The molecule has 1 N–H and O–H groups in total. The summed E-state index contributed by atoms with van der Waals surface area (Å²) in [5.74, 6) is 0.410.